The lowest BCUT2D eigenvalue weighted by Crippen LogP contribution is -2.58. The van der Waals surface area contributed by atoms with Crippen LogP contribution < -0.4 is 5.32 Å². The molecule has 1 atom stereocenters. The largest absolute Gasteiger partial charge is 0.351 e. The van der Waals surface area contributed by atoms with Gasteiger partial charge in [0, 0.05) is 24.3 Å². The fourth-order valence-corrected chi connectivity index (χ4v) is 5.23. The van der Waals surface area contributed by atoms with Crippen molar-refractivity contribution in [2.24, 2.45) is 5.41 Å². The number of rotatable bonds is 4. The molecule has 0 unspecified atom stereocenters. The Morgan fingerprint density at radius 1 is 1.12 bits per heavy atom. The fourth-order valence-electron chi connectivity index (χ4n) is 4.05. The van der Waals surface area contributed by atoms with Crippen molar-refractivity contribution in [2.75, 3.05) is 24.7 Å². The lowest BCUT2D eigenvalue weighted by atomic mass is 9.84. The van der Waals surface area contributed by atoms with Crippen LogP contribution in [0.3, 0.4) is 0 Å². The Morgan fingerprint density at radius 3 is 2.44 bits per heavy atom. The molecule has 0 aromatic carbocycles. The summed E-state index contributed by atoms with van der Waals surface area (Å²) in [4.78, 5) is 29.6. The van der Waals surface area contributed by atoms with Crippen molar-refractivity contribution in [1.82, 2.24) is 15.1 Å². The first kappa shape index (κ1) is 19.0. The Balaban J connectivity index is 1.45. The summed E-state index contributed by atoms with van der Waals surface area (Å²) in [6.07, 6.45) is 6.64. The molecule has 0 radical (unpaired) electrons. The minimum absolute atomic E-state index is 0.0407. The van der Waals surface area contributed by atoms with Gasteiger partial charge in [-0.3, -0.25) is 9.59 Å². The van der Waals surface area contributed by atoms with Crippen molar-refractivity contribution in [3.63, 3.8) is 0 Å². The smallest absolute Gasteiger partial charge is 0.243 e. The second-order valence-electron chi connectivity index (χ2n) is 9.04. The molecule has 2 saturated heterocycles. The first-order valence-electron chi connectivity index (χ1n) is 9.75. The van der Waals surface area contributed by atoms with Gasteiger partial charge in [-0.05, 0) is 44.2 Å². The number of hydrogen-bond donors (Lipinski definition) is 1. The van der Waals surface area contributed by atoms with Crippen LogP contribution in [0.25, 0.3) is 0 Å². The number of nitrogens with one attached hydrogen (secondary N) is 1. The molecule has 2 amide bonds. The number of likely N-dealkylation sites (tertiary alicyclic amines) is 1. The van der Waals surface area contributed by atoms with Crippen LogP contribution >= 0.6 is 11.8 Å². The zero-order valence-corrected chi connectivity index (χ0v) is 16.7. The summed E-state index contributed by atoms with van der Waals surface area (Å²) in [6.45, 7) is 8.65. The molecule has 25 heavy (non-hydrogen) atoms. The molecular formula is C19H33N3O2S. The summed E-state index contributed by atoms with van der Waals surface area (Å²) in [5.74, 6) is 1.53. The number of nitrogens with zero attached hydrogens (tertiary/aromatic N) is 2. The van der Waals surface area contributed by atoms with Gasteiger partial charge in [0.25, 0.3) is 0 Å². The van der Waals surface area contributed by atoms with E-state index in [2.05, 4.69) is 31.0 Å². The highest BCUT2D eigenvalue weighted by atomic mass is 32.2. The molecule has 2 heterocycles. The fraction of sp³-hybridized carbons (Fsp3) is 0.895. The average Bonchev–Trinajstić information content (AvgIpc) is 2.99. The second kappa shape index (κ2) is 7.87. The van der Waals surface area contributed by atoms with Gasteiger partial charge in [-0.1, -0.05) is 27.2 Å². The molecule has 3 aliphatic rings. The highest BCUT2D eigenvalue weighted by molar-refractivity contribution is 7.99. The number of thioether (sulfide) groups is 1. The number of hydrogen-bond acceptors (Lipinski definition) is 4. The Bertz CT molecular complexity index is 493. The van der Waals surface area contributed by atoms with Crippen LogP contribution in [0.4, 0.5) is 0 Å². The van der Waals surface area contributed by atoms with Crippen LogP contribution in [0.2, 0.25) is 0 Å². The van der Waals surface area contributed by atoms with Gasteiger partial charge in [-0.15, -0.1) is 11.8 Å². The predicted molar refractivity (Wildman–Crippen MR) is 102 cm³/mol. The molecule has 5 nitrogen and oxygen atoms in total. The minimum atomic E-state index is -0.283. The standard InChI is InChI=1S/C19H33N3O2S/c1-19(2,3)11-17(23)22-13-25-12-16(22)18(24)20-14-9-15(10-14)21-7-5-4-6-8-21/h14-16H,4-13H2,1-3H3,(H,20,24)/t14?,15?,16-/m1/s1. The molecule has 1 saturated carbocycles. The van der Waals surface area contributed by atoms with E-state index in [1.165, 1.54) is 32.4 Å². The molecule has 3 rings (SSSR count). The number of carbonyl (C=O) groups is 2. The van der Waals surface area contributed by atoms with Crippen LogP contribution in [-0.4, -0.2) is 64.5 Å². The lowest BCUT2D eigenvalue weighted by Gasteiger charge is -2.45. The Kier molecular flexibility index (Phi) is 5.99. The van der Waals surface area contributed by atoms with E-state index < -0.39 is 0 Å². The van der Waals surface area contributed by atoms with Gasteiger partial charge in [0.2, 0.25) is 11.8 Å². The van der Waals surface area contributed by atoms with Gasteiger partial charge in [-0.2, -0.15) is 0 Å². The third-order valence-corrected chi connectivity index (χ3v) is 6.57. The molecule has 6 heteroatoms. The Morgan fingerprint density at radius 2 is 1.80 bits per heavy atom. The second-order valence-corrected chi connectivity index (χ2v) is 10.0. The van der Waals surface area contributed by atoms with Crippen molar-refractivity contribution in [1.29, 1.82) is 0 Å². The summed E-state index contributed by atoms with van der Waals surface area (Å²) in [5, 5.41) is 3.20. The van der Waals surface area contributed by atoms with E-state index in [0.717, 1.165) is 18.6 Å². The highest BCUT2D eigenvalue weighted by Crippen LogP contribution is 2.30. The predicted octanol–water partition coefficient (Wildman–Crippen LogP) is 2.46. The van der Waals surface area contributed by atoms with E-state index in [1.807, 2.05) is 0 Å². The molecule has 0 aromatic rings. The van der Waals surface area contributed by atoms with Crippen LogP contribution in [0.5, 0.6) is 0 Å². The molecule has 0 aromatic heterocycles. The molecule has 0 spiro atoms. The zero-order chi connectivity index (χ0) is 18.0. The molecule has 3 fully saturated rings. The Hall–Kier alpha value is -0.750. The maximum Gasteiger partial charge on any atom is 0.243 e. The number of carbonyl (C=O) groups excluding carboxylic acids is 2. The van der Waals surface area contributed by atoms with Crippen LogP contribution in [0.15, 0.2) is 0 Å². The molecule has 1 aliphatic carbocycles. The number of piperidine rings is 1. The van der Waals surface area contributed by atoms with Crippen LogP contribution in [0.1, 0.15) is 59.3 Å². The molecular weight excluding hydrogens is 334 g/mol. The van der Waals surface area contributed by atoms with E-state index in [-0.39, 0.29) is 23.3 Å². The maximum absolute atomic E-state index is 12.7. The topological polar surface area (TPSA) is 52.7 Å². The van der Waals surface area contributed by atoms with Gasteiger partial charge in [-0.25, -0.2) is 0 Å². The van der Waals surface area contributed by atoms with Gasteiger partial charge < -0.3 is 15.1 Å². The van der Waals surface area contributed by atoms with Crippen LogP contribution in [0, 0.1) is 5.41 Å². The highest BCUT2D eigenvalue weighted by Gasteiger charge is 2.39. The summed E-state index contributed by atoms with van der Waals surface area (Å²) in [6, 6.07) is 0.667. The van der Waals surface area contributed by atoms with Crippen molar-refractivity contribution >= 4 is 23.6 Å². The Labute approximate surface area is 156 Å². The average molecular weight is 368 g/mol. The molecule has 142 valence electrons. The third-order valence-electron chi connectivity index (χ3n) is 5.55. The van der Waals surface area contributed by atoms with E-state index in [1.54, 1.807) is 16.7 Å². The zero-order valence-electron chi connectivity index (χ0n) is 15.9. The van der Waals surface area contributed by atoms with E-state index in [9.17, 15) is 9.59 Å². The van der Waals surface area contributed by atoms with Gasteiger partial charge in [0.15, 0.2) is 0 Å². The van der Waals surface area contributed by atoms with E-state index in [4.69, 9.17) is 0 Å². The summed E-state index contributed by atoms with van der Waals surface area (Å²) in [5.41, 5.74) is -0.0407. The molecule has 0 bridgehead atoms. The van der Waals surface area contributed by atoms with E-state index >= 15 is 0 Å². The maximum atomic E-state index is 12.7. The van der Waals surface area contributed by atoms with Gasteiger partial charge in [0.05, 0.1) is 5.88 Å². The first-order valence-corrected chi connectivity index (χ1v) is 10.9. The first-order chi connectivity index (χ1) is 11.8. The lowest BCUT2D eigenvalue weighted by molar-refractivity contribution is -0.140. The van der Waals surface area contributed by atoms with Crippen molar-refractivity contribution in [3.8, 4) is 0 Å². The van der Waals surface area contributed by atoms with E-state index in [0.29, 0.717) is 24.4 Å². The van der Waals surface area contributed by atoms with Gasteiger partial charge in [0.1, 0.15) is 6.04 Å². The quantitative estimate of drug-likeness (QED) is 0.829. The van der Waals surface area contributed by atoms with Crippen molar-refractivity contribution < 1.29 is 9.59 Å². The molecule has 1 N–H and O–H groups in total. The van der Waals surface area contributed by atoms with Crippen LogP contribution in [-0.2, 0) is 9.59 Å². The molecule has 2 aliphatic heterocycles. The number of amides is 2. The van der Waals surface area contributed by atoms with Gasteiger partial charge >= 0.3 is 0 Å². The monoisotopic (exact) mass is 367 g/mol. The third kappa shape index (κ3) is 4.91. The minimum Gasteiger partial charge on any atom is -0.351 e. The van der Waals surface area contributed by atoms with Crippen molar-refractivity contribution in [2.45, 2.75) is 77.4 Å². The SMILES string of the molecule is CC(C)(C)CC(=O)N1CSC[C@@H]1C(=O)NC1CC(N2CCCCC2)C1. The normalized spacial score (nSPS) is 30.8. The summed E-state index contributed by atoms with van der Waals surface area (Å²) >= 11 is 1.68. The van der Waals surface area contributed by atoms with Crippen molar-refractivity contribution in [3.05, 3.63) is 0 Å². The summed E-state index contributed by atoms with van der Waals surface area (Å²) in [7, 11) is 0. The summed E-state index contributed by atoms with van der Waals surface area (Å²) < 4.78 is 0.